The normalized spacial score (nSPS) is 16.6. The predicted octanol–water partition coefficient (Wildman–Crippen LogP) is 4.86. The second kappa shape index (κ2) is 10.7. The third-order valence-corrected chi connectivity index (χ3v) is 6.98. The molecule has 0 N–H and O–H groups in total. The van der Waals surface area contributed by atoms with Crippen molar-refractivity contribution in [3.05, 3.63) is 40.1 Å². The zero-order valence-electron chi connectivity index (χ0n) is 21.3. The molecule has 0 radical (unpaired) electrons. The maximum absolute atomic E-state index is 12.3. The summed E-state index contributed by atoms with van der Waals surface area (Å²) >= 11 is 0.815. The predicted molar refractivity (Wildman–Crippen MR) is 137 cm³/mol. The van der Waals surface area contributed by atoms with Crippen LogP contribution >= 0.6 is 11.3 Å². The number of fused-ring (bicyclic) bond motifs is 1. The Balaban J connectivity index is 1.53. The first-order valence-corrected chi connectivity index (χ1v) is 12.6. The van der Waals surface area contributed by atoms with Crippen LogP contribution in [0.2, 0.25) is 0 Å². The van der Waals surface area contributed by atoms with Gasteiger partial charge in [0.25, 0.3) is 11.8 Å². The summed E-state index contributed by atoms with van der Waals surface area (Å²) in [6.45, 7) is 6.56. The molecule has 0 atom stereocenters. The number of rotatable bonds is 9. The molecule has 2 aromatic rings. The quantitative estimate of drug-likeness (QED) is 0.187. The molecule has 1 fully saturated rings. The molecular formula is C24H26N6O7S. The molecule has 0 spiro atoms. The number of hydrogen-bond donors (Lipinski definition) is 0. The van der Waals surface area contributed by atoms with Crippen molar-refractivity contribution in [3.8, 4) is 5.75 Å². The fourth-order valence-corrected chi connectivity index (χ4v) is 4.97. The zero-order valence-corrected chi connectivity index (χ0v) is 22.1. The van der Waals surface area contributed by atoms with Gasteiger partial charge in [-0.1, -0.05) is 6.08 Å². The number of carbonyl (C=O) groups is 3. The first-order chi connectivity index (χ1) is 18.0. The van der Waals surface area contributed by atoms with Crippen molar-refractivity contribution in [2.24, 2.45) is 10.2 Å². The number of hydrogen-bond acceptors (Lipinski definition) is 12. The minimum absolute atomic E-state index is 0.0189. The molecule has 1 aromatic carbocycles. The SMILES string of the molecule is COc1cc2c(cc1/N=N/c1ncc([N+](=O)[O-])s1)C(C)=CC(C)(C)N2CCCC(=O)ON1C(=O)CCC1=O. The number of amides is 2. The maximum Gasteiger partial charge on any atom is 0.345 e. The minimum atomic E-state index is -0.647. The maximum atomic E-state index is 12.3. The summed E-state index contributed by atoms with van der Waals surface area (Å²) in [5, 5.41) is 19.7. The molecule has 2 aliphatic heterocycles. The van der Waals surface area contributed by atoms with Gasteiger partial charge >= 0.3 is 11.0 Å². The smallest absolute Gasteiger partial charge is 0.345 e. The van der Waals surface area contributed by atoms with Crippen molar-refractivity contribution in [1.29, 1.82) is 0 Å². The van der Waals surface area contributed by atoms with Crippen LogP contribution in [0.5, 0.6) is 5.75 Å². The third kappa shape index (κ3) is 5.54. The Bertz CT molecular complexity index is 1350. The number of methoxy groups -OCH3 is 1. The molecule has 2 aliphatic rings. The molecule has 0 saturated carbocycles. The van der Waals surface area contributed by atoms with Crippen LogP contribution in [0.25, 0.3) is 5.57 Å². The van der Waals surface area contributed by atoms with Crippen LogP contribution < -0.4 is 9.64 Å². The van der Waals surface area contributed by atoms with Crippen LogP contribution in [0.15, 0.2) is 34.6 Å². The van der Waals surface area contributed by atoms with E-state index < -0.39 is 28.2 Å². The van der Waals surface area contributed by atoms with E-state index in [9.17, 15) is 24.5 Å². The van der Waals surface area contributed by atoms with Crippen molar-refractivity contribution in [2.45, 2.75) is 52.0 Å². The van der Waals surface area contributed by atoms with Gasteiger partial charge in [0, 0.05) is 43.1 Å². The number of hydroxylamine groups is 2. The van der Waals surface area contributed by atoms with Gasteiger partial charge in [-0.2, -0.15) is 0 Å². The van der Waals surface area contributed by atoms with Gasteiger partial charge in [-0.3, -0.25) is 19.7 Å². The summed E-state index contributed by atoms with van der Waals surface area (Å²) in [4.78, 5) is 57.0. The number of azo groups is 1. The number of thiazole rings is 1. The first kappa shape index (κ1) is 26.9. The zero-order chi connectivity index (χ0) is 27.6. The van der Waals surface area contributed by atoms with Crippen molar-refractivity contribution < 1.29 is 28.9 Å². The molecule has 13 nitrogen and oxygen atoms in total. The van der Waals surface area contributed by atoms with Crippen LogP contribution in [-0.4, -0.2) is 51.9 Å². The van der Waals surface area contributed by atoms with Gasteiger partial charge in [-0.15, -0.1) is 15.3 Å². The lowest BCUT2D eigenvalue weighted by atomic mass is 9.88. The summed E-state index contributed by atoms with van der Waals surface area (Å²) < 4.78 is 5.56. The molecule has 4 rings (SSSR count). The molecule has 1 saturated heterocycles. The van der Waals surface area contributed by atoms with E-state index in [-0.39, 0.29) is 29.4 Å². The van der Waals surface area contributed by atoms with Crippen molar-refractivity contribution in [2.75, 3.05) is 18.6 Å². The molecule has 1 aromatic heterocycles. The molecule has 14 heteroatoms. The van der Waals surface area contributed by atoms with Gasteiger partial charge in [0.05, 0.1) is 17.6 Å². The Hall–Kier alpha value is -4.20. The number of ether oxygens (including phenoxy) is 1. The lowest BCUT2D eigenvalue weighted by Crippen LogP contribution is -2.45. The van der Waals surface area contributed by atoms with Crippen molar-refractivity contribution >= 4 is 56.2 Å². The molecule has 0 unspecified atom stereocenters. The number of aromatic nitrogens is 1. The van der Waals surface area contributed by atoms with Gasteiger partial charge in [0.2, 0.25) is 5.13 Å². The number of allylic oxidation sites excluding steroid dienone is 1. The second-order valence-corrected chi connectivity index (χ2v) is 10.2. The lowest BCUT2D eigenvalue weighted by Gasteiger charge is -2.43. The monoisotopic (exact) mass is 542 g/mol. The van der Waals surface area contributed by atoms with E-state index in [2.05, 4.69) is 40.0 Å². The summed E-state index contributed by atoms with van der Waals surface area (Å²) in [5.74, 6) is -1.22. The highest BCUT2D eigenvalue weighted by atomic mass is 32.1. The lowest BCUT2D eigenvalue weighted by molar-refractivity contribution is -0.380. The Labute approximate surface area is 221 Å². The highest BCUT2D eigenvalue weighted by Gasteiger charge is 2.34. The molecular weight excluding hydrogens is 516 g/mol. The molecule has 38 heavy (non-hydrogen) atoms. The first-order valence-electron chi connectivity index (χ1n) is 11.8. The van der Waals surface area contributed by atoms with Crippen LogP contribution in [0.3, 0.4) is 0 Å². The Kier molecular flexibility index (Phi) is 7.53. The number of nitro groups is 1. The number of carbonyl (C=O) groups excluding carboxylic acids is 3. The molecule has 200 valence electrons. The van der Waals surface area contributed by atoms with E-state index >= 15 is 0 Å². The van der Waals surface area contributed by atoms with E-state index in [4.69, 9.17) is 9.57 Å². The Morgan fingerprint density at radius 2 is 1.95 bits per heavy atom. The fourth-order valence-electron chi connectivity index (χ4n) is 4.41. The molecule has 2 amide bonds. The van der Waals surface area contributed by atoms with E-state index in [0.29, 0.717) is 29.5 Å². The molecule has 0 aliphatic carbocycles. The average molecular weight is 543 g/mol. The highest BCUT2D eigenvalue weighted by molar-refractivity contribution is 7.18. The number of nitrogens with zero attached hydrogens (tertiary/aromatic N) is 6. The van der Waals surface area contributed by atoms with E-state index in [0.717, 1.165) is 34.4 Å². The van der Waals surface area contributed by atoms with Crippen molar-refractivity contribution in [1.82, 2.24) is 10.0 Å². The minimum Gasteiger partial charge on any atom is -0.494 e. The highest BCUT2D eigenvalue weighted by Crippen LogP contribution is 2.45. The van der Waals surface area contributed by atoms with Gasteiger partial charge in [0.15, 0.2) is 0 Å². The largest absolute Gasteiger partial charge is 0.494 e. The van der Waals surface area contributed by atoms with Crippen molar-refractivity contribution in [3.63, 3.8) is 0 Å². The third-order valence-electron chi connectivity index (χ3n) is 6.14. The summed E-state index contributed by atoms with van der Waals surface area (Å²) in [7, 11) is 1.51. The number of benzene rings is 1. The summed E-state index contributed by atoms with van der Waals surface area (Å²) in [6, 6.07) is 3.67. The summed E-state index contributed by atoms with van der Waals surface area (Å²) in [5.41, 5.74) is 2.81. The van der Waals surface area contributed by atoms with Gasteiger partial charge in [0.1, 0.15) is 17.6 Å². The molecule has 0 bridgehead atoms. The van der Waals surface area contributed by atoms with E-state index in [1.807, 2.05) is 19.1 Å². The standard InChI is InChI=1S/C24H26N6O7S/c1-14-12-24(2,3)28(9-5-6-22(33)37-29-19(31)7-8-20(29)32)17-11-18(36-4)16(10-15(14)17)26-27-23-25-13-21(38-23)30(34)35/h10-13H,5-9H2,1-4H3/b27-26+. The Morgan fingerprint density at radius 3 is 2.58 bits per heavy atom. The molecule has 3 heterocycles. The van der Waals surface area contributed by atoms with E-state index in [1.54, 1.807) is 0 Å². The van der Waals surface area contributed by atoms with Crippen LogP contribution in [0.4, 0.5) is 21.5 Å². The van der Waals surface area contributed by atoms with Gasteiger partial charge in [-0.25, -0.2) is 9.78 Å². The average Bonchev–Trinajstić information content (AvgIpc) is 3.46. The van der Waals surface area contributed by atoms with Gasteiger partial charge < -0.3 is 14.5 Å². The second-order valence-electron chi connectivity index (χ2n) is 9.26. The summed E-state index contributed by atoms with van der Waals surface area (Å²) in [6.07, 6.45) is 3.76. The fraction of sp³-hybridized carbons (Fsp3) is 0.417. The van der Waals surface area contributed by atoms with Crippen LogP contribution in [0.1, 0.15) is 52.0 Å². The topological polar surface area (TPSA) is 157 Å². The number of anilines is 1. The van der Waals surface area contributed by atoms with Crippen LogP contribution in [0, 0.1) is 10.1 Å². The number of imide groups is 1. The van der Waals surface area contributed by atoms with E-state index in [1.165, 1.54) is 7.11 Å². The van der Waals surface area contributed by atoms with Gasteiger partial charge in [-0.05, 0) is 50.2 Å². The van der Waals surface area contributed by atoms with Crippen LogP contribution in [-0.2, 0) is 19.2 Å². The Morgan fingerprint density at radius 1 is 1.24 bits per heavy atom.